The maximum absolute atomic E-state index is 4.46. The molecule has 3 rings (SSSR count). The summed E-state index contributed by atoms with van der Waals surface area (Å²) in [4.78, 5) is 7.04. The van der Waals surface area contributed by atoms with Gasteiger partial charge in [0.05, 0.1) is 5.52 Å². The van der Waals surface area contributed by atoms with Crippen LogP contribution in [0.4, 0.5) is 5.69 Å². The second-order valence-corrected chi connectivity index (χ2v) is 6.14. The second-order valence-electron chi connectivity index (χ2n) is 6.14. The van der Waals surface area contributed by atoms with Crippen LogP contribution in [0.3, 0.4) is 0 Å². The molecule has 0 radical (unpaired) electrons. The van der Waals surface area contributed by atoms with E-state index in [-0.39, 0.29) is 0 Å². The first-order valence-corrected chi connectivity index (χ1v) is 8.10. The molecule has 2 heterocycles. The Morgan fingerprint density at radius 2 is 2.05 bits per heavy atom. The van der Waals surface area contributed by atoms with Gasteiger partial charge in [-0.15, -0.1) is 0 Å². The van der Waals surface area contributed by atoms with E-state index in [1.807, 2.05) is 6.20 Å². The second kappa shape index (κ2) is 6.44. The minimum absolute atomic E-state index is 0.587. The average molecular weight is 283 g/mol. The van der Waals surface area contributed by atoms with Crippen molar-refractivity contribution in [2.24, 2.45) is 0 Å². The highest BCUT2D eigenvalue weighted by Crippen LogP contribution is 2.25. The SMILES string of the molecule is CCCN1CCC(Nc2ccnc3ccc(C)cc23)CC1. The summed E-state index contributed by atoms with van der Waals surface area (Å²) in [6, 6.07) is 9.17. The Balaban J connectivity index is 1.72. The molecular weight excluding hydrogens is 258 g/mol. The van der Waals surface area contributed by atoms with Gasteiger partial charge in [0.25, 0.3) is 0 Å². The van der Waals surface area contributed by atoms with Crippen LogP contribution in [-0.2, 0) is 0 Å². The van der Waals surface area contributed by atoms with Crippen LogP contribution in [0.5, 0.6) is 0 Å². The molecule has 112 valence electrons. The molecule has 1 N–H and O–H groups in total. The van der Waals surface area contributed by atoms with Gasteiger partial charge in [-0.1, -0.05) is 18.6 Å². The third kappa shape index (κ3) is 3.35. The lowest BCUT2D eigenvalue weighted by Crippen LogP contribution is -2.39. The maximum atomic E-state index is 4.46. The van der Waals surface area contributed by atoms with E-state index in [4.69, 9.17) is 0 Å². The number of pyridine rings is 1. The van der Waals surface area contributed by atoms with Crippen LogP contribution >= 0.6 is 0 Å². The molecule has 1 aromatic heterocycles. The normalized spacial score (nSPS) is 17.2. The Morgan fingerprint density at radius 1 is 1.24 bits per heavy atom. The van der Waals surface area contributed by atoms with Crippen molar-refractivity contribution in [2.75, 3.05) is 25.0 Å². The molecule has 0 bridgehead atoms. The quantitative estimate of drug-likeness (QED) is 0.924. The van der Waals surface area contributed by atoms with Gasteiger partial charge in [0, 0.05) is 36.4 Å². The minimum atomic E-state index is 0.587. The zero-order chi connectivity index (χ0) is 14.7. The number of piperidine rings is 1. The Bertz CT molecular complexity index is 600. The van der Waals surface area contributed by atoms with Crippen molar-refractivity contribution >= 4 is 16.6 Å². The van der Waals surface area contributed by atoms with Crippen molar-refractivity contribution in [1.82, 2.24) is 9.88 Å². The van der Waals surface area contributed by atoms with Gasteiger partial charge in [0.2, 0.25) is 0 Å². The molecule has 3 heteroatoms. The summed E-state index contributed by atoms with van der Waals surface area (Å²) in [6.45, 7) is 8.07. The zero-order valence-electron chi connectivity index (χ0n) is 13.1. The Kier molecular flexibility index (Phi) is 4.39. The number of hydrogen-bond donors (Lipinski definition) is 1. The molecule has 2 aromatic rings. The van der Waals surface area contributed by atoms with E-state index in [1.54, 1.807) is 0 Å². The lowest BCUT2D eigenvalue weighted by atomic mass is 10.0. The van der Waals surface area contributed by atoms with Crippen molar-refractivity contribution < 1.29 is 0 Å². The summed E-state index contributed by atoms with van der Waals surface area (Å²) in [6.07, 6.45) is 5.63. The molecule has 0 atom stereocenters. The summed E-state index contributed by atoms with van der Waals surface area (Å²) < 4.78 is 0. The summed E-state index contributed by atoms with van der Waals surface area (Å²) in [5, 5.41) is 4.99. The Morgan fingerprint density at radius 3 is 2.81 bits per heavy atom. The first-order chi connectivity index (χ1) is 10.3. The van der Waals surface area contributed by atoms with Gasteiger partial charge in [-0.3, -0.25) is 4.98 Å². The Hall–Kier alpha value is -1.61. The first-order valence-electron chi connectivity index (χ1n) is 8.10. The lowest BCUT2D eigenvalue weighted by molar-refractivity contribution is 0.219. The number of nitrogens with one attached hydrogen (secondary N) is 1. The van der Waals surface area contributed by atoms with Gasteiger partial charge in [0.1, 0.15) is 0 Å². The van der Waals surface area contributed by atoms with E-state index in [1.165, 1.54) is 55.5 Å². The third-order valence-electron chi connectivity index (χ3n) is 4.38. The lowest BCUT2D eigenvalue weighted by Gasteiger charge is -2.32. The van der Waals surface area contributed by atoms with Crippen molar-refractivity contribution in [3.8, 4) is 0 Å². The monoisotopic (exact) mass is 283 g/mol. The number of nitrogens with zero attached hydrogens (tertiary/aromatic N) is 2. The van der Waals surface area contributed by atoms with Crippen molar-refractivity contribution in [2.45, 2.75) is 39.2 Å². The fourth-order valence-electron chi connectivity index (χ4n) is 3.22. The Labute approximate surface area is 127 Å². The third-order valence-corrected chi connectivity index (χ3v) is 4.38. The van der Waals surface area contributed by atoms with E-state index in [9.17, 15) is 0 Å². The highest BCUT2D eigenvalue weighted by molar-refractivity contribution is 5.91. The van der Waals surface area contributed by atoms with Crippen LogP contribution in [0, 0.1) is 6.92 Å². The van der Waals surface area contributed by atoms with Gasteiger partial charge in [-0.25, -0.2) is 0 Å². The van der Waals surface area contributed by atoms with E-state index >= 15 is 0 Å². The van der Waals surface area contributed by atoms with Gasteiger partial charge in [-0.05, 0) is 50.9 Å². The standard InChI is InChI=1S/C18H25N3/c1-3-10-21-11-7-15(8-12-21)20-18-6-9-19-17-5-4-14(2)13-16(17)18/h4-6,9,13,15H,3,7-8,10-12H2,1-2H3,(H,19,20). The predicted molar refractivity (Wildman–Crippen MR) is 89.9 cm³/mol. The number of aromatic nitrogens is 1. The molecule has 1 fully saturated rings. The van der Waals surface area contributed by atoms with Crippen LogP contribution in [0.2, 0.25) is 0 Å². The molecule has 1 aromatic carbocycles. The number of benzene rings is 1. The largest absolute Gasteiger partial charge is 0.382 e. The maximum Gasteiger partial charge on any atom is 0.0722 e. The molecule has 0 aliphatic carbocycles. The molecule has 0 amide bonds. The minimum Gasteiger partial charge on any atom is -0.382 e. The number of rotatable bonds is 4. The van der Waals surface area contributed by atoms with E-state index in [0.29, 0.717) is 6.04 Å². The summed E-state index contributed by atoms with van der Waals surface area (Å²) in [7, 11) is 0. The zero-order valence-corrected chi connectivity index (χ0v) is 13.1. The predicted octanol–water partition coefficient (Wildman–Crippen LogP) is 3.83. The van der Waals surface area contributed by atoms with Gasteiger partial charge in [0.15, 0.2) is 0 Å². The molecule has 3 nitrogen and oxygen atoms in total. The van der Waals surface area contributed by atoms with E-state index < -0.39 is 0 Å². The van der Waals surface area contributed by atoms with Crippen molar-refractivity contribution in [1.29, 1.82) is 0 Å². The molecule has 1 aliphatic heterocycles. The summed E-state index contributed by atoms with van der Waals surface area (Å²) >= 11 is 0. The average Bonchev–Trinajstić information content (AvgIpc) is 2.50. The van der Waals surface area contributed by atoms with E-state index in [2.05, 4.69) is 53.3 Å². The molecular formula is C18H25N3. The molecule has 0 unspecified atom stereocenters. The fourth-order valence-corrected chi connectivity index (χ4v) is 3.22. The molecule has 1 saturated heterocycles. The number of aryl methyl sites for hydroxylation is 1. The van der Waals surface area contributed by atoms with Gasteiger partial charge < -0.3 is 10.2 Å². The van der Waals surface area contributed by atoms with E-state index in [0.717, 1.165) is 5.52 Å². The number of fused-ring (bicyclic) bond motifs is 1. The number of likely N-dealkylation sites (tertiary alicyclic amines) is 1. The van der Waals surface area contributed by atoms with Crippen LogP contribution in [0.15, 0.2) is 30.5 Å². The molecule has 0 saturated carbocycles. The van der Waals surface area contributed by atoms with Gasteiger partial charge in [-0.2, -0.15) is 0 Å². The van der Waals surface area contributed by atoms with Crippen LogP contribution in [0.25, 0.3) is 10.9 Å². The highest BCUT2D eigenvalue weighted by Gasteiger charge is 2.18. The van der Waals surface area contributed by atoms with Crippen molar-refractivity contribution in [3.05, 3.63) is 36.0 Å². The first kappa shape index (κ1) is 14.3. The smallest absolute Gasteiger partial charge is 0.0722 e. The number of anilines is 1. The van der Waals surface area contributed by atoms with Crippen LogP contribution in [-0.4, -0.2) is 35.6 Å². The van der Waals surface area contributed by atoms with Crippen molar-refractivity contribution in [3.63, 3.8) is 0 Å². The topological polar surface area (TPSA) is 28.2 Å². The number of hydrogen-bond acceptors (Lipinski definition) is 3. The molecule has 21 heavy (non-hydrogen) atoms. The van der Waals surface area contributed by atoms with Crippen LogP contribution < -0.4 is 5.32 Å². The highest BCUT2D eigenvalue weighted by atomic mass is 15.1. The summed E-state index contributed by atoms with van der Waals surface area (Å²) in [5.74, 6) is 0. The fraction of sp³-hybridized carbons (Fsp3) is 0.500. The van der Waals surface area contributed by atoms with Gasteiger partial charge >= 0.3 is 0 Å². The summed E-state index contributed by atoms with van der Waals surface area (Å²) in [5.41, 5.74) is 3.60. The molecule has 1 aliphatic rings. The molecule has 0 spiro atoms. The van der Waals surface area contributed by atoms with Crippen LogP contribution in [0.1, 0.15) is 31.7 Å².